The molecule has 4 N–H and O–H groups in total. The minimum atomic E-state index is -5.08. The number of carboxylic acid groups (broad SMARTS) is 1. The number of hydrogen-bond acceptors (Lipinski definition) is 6. The number of halogens is 4. The van der Waals surface area contributed by atoms with E-state index in [-0.39, 0.29) is 17.4 Å². The van der Waals surface area contributed by atoms with Crippen molar-refractivity contribution in [3.05, 3.63) is 47.4 Å². The second-order valence-corrected chi connectivity index (χ2v) is 6.99. The Labute approximate surface area is 185 Å². The van der Waals surface area contributed by atoms with E-state index in [4.69, 9.17) is 21.5 Å². The van der Waals surface area contributed by atoms with Crippen LogP contribution in [0.3, 0.4) is 0 Å². The second-order valence-electron chi connectivity index (χ2n) is 6.55. The molecule has 2 aromatic heterocycles. The zero-order chi connectivity index (χ0) is 23.7. The molecule has 0 unspecified atom stereocenters. The Bertz CT molecular complexity index is 951. The van der Waals surface area contributed by atoms with Gasteiger partial charge in [0.15, 0.2) is 0 Å². The van der Waals surface area contributed by atoms with Crippen molar-refractivity contribution in [2.45, 2.75) is 19.0 Å². The molecule has 0 aromatic carbocycles. The van der Waals surface area contributed by atoms with E-state index in [2.05, 4.69) is 25.9 Å². The summed E-state index contributed by atoms with van der Waals surface area (Å²) in [6.45, 7) is 1.65. The van der Waals surface area contributed by atoms with Crippen molar-refractivity contribution in [1.29, 1.82) is 0 Å². The molecule has 0 radical (unpaired) electrons. The van der Waals surface area contributed by atoms with Crippen LogP contribution in [-0.2, 0) is 9.59 Å². The van der Waals surface area contributed by atoms with E-state index < -0.39 is 18.1 Å². The summed E-state index contributed by atoms with van der Waals surface area (Å²) >= 11 is 5.78. The first-order valence-electron chi connectivity index (χ1n) is 9.26. The first-order valence-corrected chi connectivity index (χ1v) is 9.64. The van der Waals surface area contributed by atoms with Crippen molar-refractivity contribution in [3.63, 3.8) is 0 Å². The van der Waals surface area contributed by atoms with Gasteiger partial charge in [0.1, 0.15) is 5.82 Å². The standard InChI is InChI=1S/C17H18ClN5O2.C2HF3O2/c18-12-1-2-15(21-9-12)23-17(25)13-10-20-8-5-14(13)22-16(24)11-3-6-19-7-4-11;3-2(4,5)1(6)7/h1-2,5,8-11,19H,3-4,6-7H2,(H,20,22,24)(H,21,23,25);(H,6,7). The molecule has 3 heterocycles. The molecule has 0 aliphatic carbocycles. The Balaban J connectivity index is 0.000000451. The van der Waals surface area contributed by atoms with Crippen molar-refractivity contribution in [1.82, 2.24) is 15.3 Å². The minimum absolute atomic E-state index is 0.0525. The van der Waals surface area contributed by atoms with E-state index in [1.807, 2.05) is 0 Å². The Morgan fingerprint density at radius 1 is 1.09 bits per heavy atom. The van der Waals surface area contributed by atoms with Crippen LogP contribution in [-0.4, -0.2) is 52.1 Å². The lowest BCUT2D eigenvalue weighted by Gasteiger charge is -2.22. The molecule has 1 aliphatic heterocycles. The van der Waals surface area contributed by atoms with Gasteiger partial charge in [-0.25, -0.2) is 9.78 Å². The lowest BCUT2D eigenvalue weighted by Crippen LogP contribution is -2.35. The number of pyridine rings is 2. The Morgan fingerprint density at radius 3 is 2.31 bits per heavy atom. The smallest absolute Gasteiger partial charge is 0.475 e. The maximum atomic E-state index is 12.5. The maximum Gasteiger partial charge on any atom is 0.490 e. The highest BCUT2D eigenvalue weighted by atomic mass is 35.5. The molecule has 13 heteroatoms. The van der Waals surface area contributed by atoms with Gasteiger partial charge in [-0.3, -0.25) is 14.6 Å². The third-order valence-electron chi connectivity index (χ3n) is 4.25. The van der Waals surface area contributed by atoms with E-state index in [1.54, 1.807) is 18.2 Å². The molecule has 0 atom stereocenters. The van der Waals surface area contributed by atoms with Crippen LogP contribution in [0.2, 0.25) is 5.02 Å². The van der Waals surface area contributed by atoms with Gasteiger partial charge in [0.05, 0.1) is 16.3 Å². The zero-order valence-corrected chi connectivity index (χ0v) is 17.2. The summed E-state index contributed by atoms with van der Waals surface area (Å²) in [7, 11) is 0. The fourth-order valence-electron chi connectivity index (χ4n) is 2.64. The van der Waals surface area contributed by atoms with Gasteiger partial charge < -0.3 is 21.1 Å². The monoisotopic (exact) mass is 473 g/mol. The fourth-order valence-corrected chi connectivity index (χ4v) is 2.75. The van der Waals surface area contributed by atoms with E-state index in [0.717, 1.165) is 25.9 Å². The van der Waals surface area contributed by atoms with Crippen LogP contribution in [0, 0.1) is 5.92 Å². The molecule has 32 heavy (non-hydrogen) atoms. The number of anilines is 2. The summed E-state index contributed by atoms with van der Waals surface area (Å²) in [4.78, 5) is 41.8. The average Bonchev–Trinajstić information content (AvgIpc) is 2.76. The lowest BCUT2D eigenvalue weighted by atomic mass is 9.97. The largest absolute Gasteiger partial charge is 0.490 e. The van der Waals surface area contributed by atoms with E-state index in [0.29, 0.717) is 16.5 Å². The summed E-state index contributed by atoms with van der Waals surface area (Å²) < 4.78 is 31.7. The Kier molecular flexibility index (Phi) is 8.91. The molecule has 1 saturated heterocycles. The molecule has 0 saturated carbocycles. The number of aliphatic carboxylic acids is 1. The summed E-state index contributed by atoms with van der Waals surface area (Å²) in [5, 5.41) is 16.3. The number of carbonyl (C=O) groups is 3. The van der Waals surface area contributed by atoms with E-state index in [9.17, 15) is 22.8 Å². The molecule has 1 fully saturated rings. The molecule has 9 nitrogen and oxygen atoms in total. The number of rotatable bonds is 4. The second kappa shape index (κ2) is 11.4. The molecule has 2 aromatic rings. The van der Waals surface area contributed by atoms with Crippen molar-refractivity contribution >= 4 is 40.9 Å². The van der Waals surface area contributed by atoms with Crippen LogP contribution < -0.4 is 16.0 Å². The lowest BCUT2D eigenvalue weighted by molar-refractivity contribution is -0.192. The highest BCUT2D eigenvalue weighted by molar-refractivity contribution is 6.30. The average molecular weight is 474 g/mol. The van der Waals surface area contributed by atoms with Gasteiger partial charge in [-0.1, -0.05) is 11.6 Å². The molecule has 0 bridgehead atoms. The molecule has 3 rings (SSSR count). The number of hydrogen-bond donors (Lipinski definition) is 4. The molecule has 1 aliphatic rings. The molecule has 2 amide bonds. The highest BCUT2D eigenvalue weighted by Gasteiger charge is 2.38. The van der Waals surface area contributed by atoms with Crippen molar-refractivity contribution in [3.8, 4) is 0 Å². The van der Waals surface area contributed by atoms with Crippen LogP contribution in [0.4, 0.5) is 24.7 Å². The third-order valence-corrected chi connectivity index (χ3v) is 4.47. The van der Waals surface area contributed by atoms with Crippen LogP contribution in [0.5, 0.6) is 0 Å². The molecule has 0 spiro atoms. The number of nitrogens with one attached hydrogen (secondary N) is 3. The topological polar surface area (TPSA) is 133 Å². The predicted molar refractivity (Wildman–Crippen MR) is 109 cm³/mol. The number of piperidine rings is 1. The van der Waals surface area contributed by atoms with Crippen LogP contribution >= 0.6 is 11.6 Å². The highest BCUT2D eigenvalue weighted by Crippen LogP contribution is 2.20. The van der Waals surface area contributed by atoms with Crippen molar-refractivity contribution in [2.75, 3.05) is 23.7 Å². The Hall–Kier alpha value is -3.25. The van der Waals surface area contributed by atoms with Gasteiger partial charge in [0.25, 0.3) is 5.91 Å². The fraction of sp³-hybridized carbons (Fsp3) is 0.316. The van der Waals surface area contributed by atoms with Gasteiger partial charge in [-0.2, -0.15) is 13.2 Å². The number of alkyl halides is 3. The first kappa shape index (κ1) is 25.0. The normalized spacial score (nSPS) is 14.0. The SMILES string of the molecule is O=C(Nc1ccc(Cl)cn1)c1cnccc1NC(=O)C1CCNCC1.O=C(O)C(F)(F)F. The predicted octanol–water partition coefficient (Wildman–Crippen LogP) is 2.95. The third kappa shape index (κ3) is 7.78. The van der Waals surface area contributed by atoms with Gasteiger partial charge in [-0.05, 0) is 44.1 Å². The molecular weight excluding hydrogens is 455 g/mol. The number of nitrogens with zero attached hydrogens (tertiary/aromatic N) is 2. The maximum absolute atomic E-state index is 12.5. The molecular formula is C19H19ClF3N5O4. The summed E-state index contributed by atoms with van der Waals surface area (Å²) in [6, 6.07) is 4.85. The summed E-state index contributed by atoms with van der Waals surface area (Å²) in [5.41, 5.74) is 0.714. The molecule has 172 valence electrons. The summed E-state index contributed by atoms with van der Waals surface area (Å²) in [6.07, 6.45) is 0.888. The van der Waals surface area contributed by atoms with Crippen molar-refractivity contribution < 1.29 is 32.7 Å². The number of aromatic nitrogens is 2. The zero-order valence-electron chi connectivity index (χ0n) is 16.4. The van der Waals surface area contributed by atoms with Crippen molar-refractivity contribution in [2.24, 2.45) is 5.92 Å². The summed E-state index contributed by atoms with van der Waals surface area (Å²) in [5.74, 6) is -2.92. The van der Waals surface area contributed by atoms with Crippen LogP contribution in [0.1, 0.15) is 23.2 Å². The van der Waals surface area contributed by atoms with E-state index >= 15 is 0 Å². The number of carboxylic acids is 1. The van der Waals surface area contributed by atoms with Gasteiger partial charge >= 0.3 is 12.1 Å². The minimum Gasteiger partial charge on any atom is -0.475 e. The Morgan fingerprint density at radius 2 is 1.75 bits per heavy atom. The van der Waals surface area contributed by atoms with Gasteiger partial charge in [-0.15, -0.1) is 0 Å². The van der Waals surface area contributed by atoms with Gasteiger partial charge in [0.2, 0.25) is 5.91 Å². The number of carbonyl (C=O) groups excluding carboxylic acids is 2. The first-order chi connectivity index (χ1) is 15.1. The number of amides is 2. The quantitative estimate of drug-likeness (QED) is 0.536. The van der Waals surface area contributed by atoms with E-state index in [1.165, 1.54) is 18.6 Å². The van der Waals surface area contributed by atoms with Gasteiger partial charge in [0, 0.05) is 24.5 Å². The van der Waals surface area contributed by atoms with Crippen LogP contribution in [0.15, 0.2) is 36.8 Å². The van der Waals surface area contributed by atoms with Crippen LogP contribution in [0.25, 0.3) is 0 Å².